The van der Waals surface area contributed by atoms with Gasteiger partial charge in [0.2, 0.25) is 0 Å². The average Bonchev–Trinajstić information content (AvgIpc) is 2.74. The molecule has 0 amide bonds. The van der Waals surface area contributed by atoms with Crippen molar-refractivity contribution in [1.82, 2.24) is 0 Å². The van der Waals surface area contributed by atoms with Gasteiger partial charge in [0, 0.05) is 0 Å². The molecular weight excluding hydrogens is 360 g/mol. The second-order valence-electron chi connectivity index (χ2n) is 7.84. The zero-order valence-electron chi connectivity index (χ0n) is 18.3. The van der Waals surface area contributed by atoms with E-state index in [0.717, 1.165) is 24.0 Å². The van der Waals surface area contributed by atoms with Crippen molar-refractivity contribution in [2.45, 2.75) is 90.6 Å². The zero-order chi connectivity index (χ0) is 20.7. The molecule has 0 heterocycles. The molecule has 160 valence electrons. The number of unbranched alkanes of at least 4 members (excludes halogenated alkanes) is 9. The summed E-state index contributed by atoms with van der Waals surface area (Å²) in [7, 11) is 0. The van der Waals surface area contributed by atoms with Crippen molar-refractivity contribution >= 4 is 16.7 Å². The maximum atomic E-state index is 12.4. The number of hydrogen-bond donors (Lipinski definition) is 0. The first-order valence-electron chi connectivity index (χ1n) is 11.6. The van der Waals surface area contributed by atoms with Gasteiger partial charge in [-0.05, 0) is 42.7 Å². The van der Waals surface area contributed by atoms with E-state index in [1.807, 2.05) is 37.3 Å². The summed E-state index contributed by atoms with van der Waals surface area (Å²) in [6, 6.07) is 14.1. The van der Waals surface area contributed by atoms with Crippen LogP contribution in [0.2, 0.25) is 0 Å². The highest BCUT2D eigenvalue weighted by atomic mass is 16.6. The number of hydrogen-bond acceptors (Lipinski definition) is 3. The van der Waals surface area contributed by atoms with E-state index in [4.69, 9.17) is 9.47 Å². The van der Waals surface area contributed by atoms with Crippen LogP contribution in [-0.2, 0) is 9.53 Å². The Hall–Kier alpha value is -2.03. The highest BCUT2D eigenvalue weighted by Gasteiger charge is 2.21. The largest absolute Gasteiger partial charge is 0.479 e. The molecule has 1 unspecified atom stereocenters. The number of rotatable bonds is 15. The Morgan fingerprint density at radius 2 is 1.41 bits per heavy atom. The van der Waals surface area contributed by atoms with Gasteiger partial charge in [-0.2, -0.15) is 0 Å². The second-order valence-corrected chi connectivity index (χ2v) is 7.84. The van der Waals surface area contributed by atoms with Crippen LogP contribution in [0.3, 0.4) is 0 Å². The molecule has 3 nitrogen and oxygen atoms in total. The lowest BCUT2D eigenvalue weighted by atomic mass is 10.0. The van der Waals surface area contributed by atoms with Crippen LogP contribution in [0.15, 0.2) is 42.5 Å². The Kier molecular flexibility index (Phi) is 11.3. The van der Waals surface area contributed by atoms with Crippen molar-refractivity contribution in [3.8, 4) is 5.75 Å². The minimum absolute atomic E-state index is 0.253. The van der Waals surface area contributed by atoms with Gasteiger partial charge < -0.3 is 9.47 Å². The summed E-state index contributed by atoms with van der Waals surface area (Å²) in [6.45, 7) is 4.48. The third-order valence-electron chi connectivity index (χ3n) is 5.37. The Bertz CT molecular complexity index is 710. The maximum absolute atomic E-state index is 12.4. The first-order valence-corrected chi connectivity index (χ1v) is 11.6. The molecule has 2 aromatic carbocycles. The molecule has 0 saturated carbocycles. The van der Waals surface area contributed by atoms with Crippen LogP contribution in [0.4, 0.5) is 0 Å². The molecule has 0 bridgehead atoms. The summed E-state index contributed by atoms with van der Waals surface area (Å²) in [4.78, 5) is 12.4. The van der Waals surface area contributed by atoms with Gasteiger partial charge in [0.05, 0.1) is 6.61 Å². The first-order chi connectivity index (χ1) is 14.2. The molecular formula is C26H38O3. The van der Waals surface area contributed by atoms with Crippen molar-refractivity contribution in [2.75, 3.05) is 6.61 Å². The topological polar surface area (TPSA) is 35.5 Å². The summed E-state index contributed by atoms with van der Waals surface area (Å²) in [6.07, 6.45) is 13.0. The third-order valence-corrected chi connectivity index (χ3v) is 5.37. The summed E-state index contributed by atoms with van der Waals surface area (Å²) < 4.78 is 11.3. The Morgan fingerprint density at radius 3 is 2.07 bits per heavy atom. The normalized spacial score (nSPS) is 12.1. The Morgan fingerprint density at radius 1 is 0.793 bits per heavy atom. The molecule has 2 rings (SSSR count). The fourth-order valence-electron chi connectivity index (χ4n) is 3.68. The smallest absolute Gasteiger partial charge is 0.347 e. The fourth-order valence-corrected chi connectivity index (χ4v) is 3.68. The van der Waals surface area contributed by atoms with Crippen molar-refractivity contribution in [2.24, 2.45) is 0 Å². The fraction of sp³-hybridized carbons (Fsp3) is 0.577. The van der Waals surface area contributed by atoms with Crippen LogP contribution in [0, 0.1) is 0 Å². The maximum Gasteiger partial charge on any atom is 0.347 e. The molecule has 0 aromatic heterocycles. The standard InChI is InChI=1S/C26H38O3/c1-3-5-6-7-8-9-10-11-12-13-18-25(26(27)28-4-2)29-24-20-19-22-16-14-15-17-23(22)21-24/h14-17,19-21,25H,3-13,18H2,1-2H3. The highest BCUT2D eigenvalue weighted by Crippen LogP contribution is 2.23. The van der Waals surface area contributed by atoms with Crippen LogP contribution in [0.25, 0.3) is 10.8 Å². The van der Waals surface area contributed by atoms with Gasteiger partial charge in [-0.25, -0.2) is 4.79 Å². The van der Waals surface area contributed by atoms with E-state index in [1.165, 1.54) is 56.8 Å². The molecule has 0 aliphatic carbocycles. The van der Waals surface area contributed by atoms with Crippen LogP contribution >= 0.6 is 0 Å². The van der Waals surface area contributed by atoms with Crippen LogP contribution in [0.1, 0.15) is 84.5 Å². The summed E-state index contributed by atoms with van der Waals surface area (Å²) in [5.41, 5.74) is 0. The molecule has 0 saturated heterocycles. The lowest BCUT2D eigenvalue weighted by molar-refractivity contribution is -0.151. The molecule has 1 atom stereocenters. The molecule has 0 aliphatic heterocycles. The molecule has 3 heteroatoms. The number of benzene rings is 2. The van der Waals surface area contributed by atoms with Gasteiger partial charge in [0.15, 0.2) is 6.10 Å². The number of carbonyl (C=O) groups is 1. The van der Waals surface area contributed by atoms with Gasteiger partial charge >= 0.3 is 5.97 Å². The number of esters is 1. The minimum atomic E-state index is -0.523. The minimum Gasteiger partial charge on any atom is -0.479 e. The molecule has 0 aliphatic rings. The van der Waals surface area contributed by atoms with E-state index in [-0.39, 0.29) is 5.97 Å². The van der Waals surface area contributed by atoms with E-state index in [0.29, 0.717) is 13.0 Å². The van der Waals surface area contributed by atoms with Crippen LogP contribution < -0.4 is 4.74 Å². The van der Waals surface area contributed by atoms with E-state index in [1.54, 1.807) is 0 Å². The molecule has 29 heavy (non-hydrogen) atoms. The Balaban J connectivity index is 1.75. The first kappa shape index (κ1) is 23.3. The van der Waals surface area contributed by atoms with Crippen LogP contribution in [0.5, 0.6) is 5.75 Å². The van der Waals surface area contributed by atoms with E-state index in [9.17, 15) is 4.79 Å². The molecule has 0 fully saturated rings. The van der Waals surface area contributed by atoms with Crippen molar-refractivity contribution in [3.05, 3.63) is 42.5 Å². The van der Waals surface area contributed by atoms with E-state index >= 15 is 0 Å². The van der Waals surface area contributed by atoms with Crippen LogP contribution in [-0.4, -0.2) is 18.7 Å². The molecule has 0 N–H and O–H groups in total. The lowest BCUT2D eigenvalue weighted by Gasteiger charge is -2.18. The predicted octanol–water partition coefficient (Wildman–Crippen LogP) is 7.46. The SMILES string of the molecule is CCCCCCCCCCCCC(Oc1ccc2ccccc2c1)C(=O)OCC. The van der Waals surface area contributed by atoms with Gasteiger partial charge in [-0.3, -0.25) is 0 Å². The summed E-state index contributed by atoms with van der Waals surface area (Å²) >= 11 is 0. The van der Waals surface area contributed by atoms with Gasteiger partial charge in [0.25, 0.3) is 0 Å². The van der Waals surface area contributed by atoms with Gasteiger partial charge in [0.1, 0.15) is 5.75 Å². The molecule has 0 radical (unpaired) electrons. The highest BCUT2D eigenvalue weighted by molar-refractivity contribution is 5.84. The van der Waals surface area contributed by atoms with Crippen molar-refractivity contribution in [1.29, 1.82) is 0 Å². The molecule has 2 aromatic rings. The number of fused-ring (bicyclic) bond motifs is 1. The third kappa shape index (κ3) is 8.89. The van der Waals surface area contributed by atoms with E-state index < -0.39 is 6.10 Å². The zero-order valence-corrected chi connectivity index (χ0v) is 18.3. The average molecular weight is 399 g/mol. The van der Waals surface area contributed by atoms with E-state index in [2.05, 4.69) is 19.1 Å². The Labute approximate surface area is 176 Å². The van der Waals surface area contributed by atoms with Crippen molar-refractivity contribution in [3.63, 3.8) is 0 Å². The number of ether oxygens (including phenoxy) is 2. The summed E-state index contributed by atoms with van der Waals surface area (Å²) in [5.74, 6) is 0.477. The van der Waals surface area contributed by atoms with Crippen molar-refractivity contribution < 1.29 is 14.3 Å². The van der Waals surface area contributed by atoms with Gasteiger partial charge in [-0.1, -0.05) is 95.0 Å². The van der Waals surface area contributed by atoms with Gasteiger partial charge in [-0.15, -0.1) is 0 Å². The number of carbonyl (C=O) groups excluding carboxylic acids is 1. The lowest BCUT2D eigenvalue weighted by Crippen LogP contribution is -2.29. The monoisotopic (exact) mass is 398 g/mol. The summed E-state index contributed by atoms with van der Waals surface area (Å²) in [5, 5.41) is 2.29. The molecule has 0 spiro atoms. The quantitative estimate of drug-likeness (QED) is 0.231. The second kappa shape index (κ2) is 14.0. The predicted molar refractivity (Wildman–Crippen MR) is 121 cm³/mol.